The smallest absolute Gasteiger partial charge is 0.339 e. The Labute approximate surface area is 112 Å². The zero-order valence-corrected chi connectivity index (χ0v) is 10.9. The second-order valence-corrected chi connectivity index (χ2v) is 3.87. The van der Waals surface area contributed by atoms with Gasteiger partial charge >= 0.3 is 5.97 Å². The lowest BCUT2D eigenvalue weighted by Gasteiger charge is -2.10. The van der Waals surface area contributed by atoms with Crippen LogP contribution in [0.4, 0.5) is 5.69 Å². The molecule has 0 aliphatic carbocycles. The molecular formula is C13H19NO5. The molecule has 0 aliphatic rings. The first-order valence-corrected chi connectivity index (χ1v) is 5.97. The molecule has 0 bridgehead atoms. The molecule has 0 saturated heterocycles. The Hall–Kier alpha value is -1.79. The van der Waals surface area contributed by atoms with Gasteiger partial charge in [-0.2, -0.15) is 0 Å². The second kappa shape index (κ2) is 8.34. The van der Waals surface area contributed by atoms with Crippen LogP contribution < -0.4 is 10.5 Å². The van der Waals surface area contributed by atoms with Crippen LogP contribution in [0.3, 0.4) is 0 Å². The minimum absolute atomic E-state index is 0.0697. The molecule has 0 aromatic heterocycles. The van der Waals surface area contributed by atoms with Crippen LogP contribution in [0.15, 0.2) is 18.2 Å². The number of carboxylic acids is 1. The highest BCUT2D eigenvalue weighted by Crippen LogP contribution is 2.21. The van der Waals surface area contributed by atoms with Crippen LogP contribution >= 0.6 is 0 Å². The summed E-state index contributed by atoms with van der Waals surface area (Å²) in [5, 5.41) is 9.02. The predicted molar refractivity (Wildman–Crippen MR) is 70.6 cm³/mol. The van der Waals surface area contributed by atoms with Crippen LogP contribution in [0, 0.1) is 0 Å². The summed E-state index contributed by atoms with van der Waals surface area (Å²) < 4.78 is 15.5. The molecule has 1 rings (SSSR count). The molecule has 6 nitrogen and oxygen atoms in total. The standard InChI is InChI=1S/C13H19NO5/c1-17-7-8-18-5-2-6-19-12-4-3-10(14)9-11(12)13(15)16/h3-4,9H,2,5-8,14H2,1H3,(H,15,16). The number of anilines is 1. The summed E-state index contributed by atoms with van der Waals surface area (Å²) in [6.07, 6.45) is 0.674. The first-order valence-electron chi connectivity index (χ1n) is 5.97. The summed E-state index contributed by atoms with van der Waals surface area (Å²) in [5.74, 6) is -0.739. The van der Waals surface area contributed by atoms with Gasteiger partial charge in [-0.15, -0.1) is 0 Å². The highest BCUT2D eigenvalue weighted by atomic mass is 16.5. The summed E-state index contributed by atoms with van der Waals surface area (Å²) >= 11 is 0. The SMILES string of the molecule is COCCOCCCOc1ccc(N)cc1C(=O)O. The van der Waals surface area contributed by atoms with Gasteiger partial charge in [0.25, 0.3) is 0 Å². The van der Waals surface area contributed by atoms with Crippen molar-refractivity contribution in [1.82, 2.24) is 0 Å². The Morgan fingerprint density at radius 1 is 1.26 bits per heavy atom. The summed E-state index contributed by atoms with van der Waals surface area (Å²) in [6.45, 7) is 2.03. The van der Waals surface area contributed by atoms with Crippen LogP contribution in [0.2, 0.25) is 0 Å². The van der Waals surface area contributed by atoms with Gasteiger partial charge in [0.1, 0.15) is 11.3 Å². The third kappa shape index (κ3) is 5.58. The number of ether oxygens (including phenoxy) is 3. The van der Waals surface area contributed by atoms with Gasteiger partial charge in [-0.3, -0.25) is 0 Å². The van der Waals surface area contributed by atoms with Gasteiger partial charge in [0.05, 0.1) is 19.8 Å². The van der Waals surface area contributed by atoms with E-state index in [0.29, 0.717) is 44.3 Å². The van der Waals surface area contributed by atoms with Crippen LogP contribution in [0.1, 0.15) is 16.8 Å². The zero-order valence-electron chi connectivity index (χ0n) is 10.9. The second-order valence-electron chi connectivity index (χ2n) is 3.87. The van der Waals surface area contributed by atoms with Crippen molar-refractivity contribution in [3.05, 3.63) is 23.8 Å². The number of methoxy groups -OCH3 is 1. The Kier molecular flexibility index (Phi) is 6.70. The summed E-state index contributed by atoms with van der Waals surface area (Å²) in [7, 11) is 1.61. The fourth-order valence-electron chi connectivity index (χ4n) is 1.43. The molecule has 0 fully saturated rings. The number of aromatic carboxylic acids is 1. The number of hydrogen-bond donors (Lipinski definition) is 2. The van der Waals surface area contributed by atoms with E-state index in [4.69, 9.17) is 25.1 Å². The van der Waals surface area contributed by atoms with Crippen LogP contribution in [0.25, 0.3) is 0 Å². The molecule has 106 valence electrons. The fourth-order valence-corrected chi connectivity index (χ4v) is 1.43. The molecule has 0 aliphatic heterocycles. The van der Waals surface area contributed by atoms with E-state index in [9.17, 15) is 4.79 Å². The largest absolute Gasteiger partial charge is 0.493 e. The van der Waals surface area contributed by atoms with E-state index in [1.54, 1.807) is 19.2 Å². The molecule has 1 aromatic rings. The average Bonchev–Trinajstić information content (AvgIpc) is 2.39. The Bertz CT molecular complexity index is 408. The van der Waals surface area contributed by atoms with Crippen molar-refractivity contribution >= 4 is 11.7 Å². The molecule has 0 atom stereocenters. The number of nitrogen functional groups attached to an aromatic ring is 1. The topological polar surface area (TPSA) is 91.0 Å². The van der Waals surface area contributed by atoms with Crippen LogP contribution in [0.5, 0.6) is 5.75 Å². The molecule has 6 heteroatoms. The third-order valence-electron chi connectivity index (χ3n) is 2.36. The van der Waals surface area contributed by atoms with Crippen molar-refractivity contribution < 1.29 is 24.1 Å². The first kappa shape index (κ1) is 15.3. The molecule has 0 heterocycles. The minimum Gasteiger partial charge on any atom is -0.493 e. The van der Waals surface area contributed by atoms with Crippen molar-refractivity contribution in [1.29, 1.82) is 0 Å². The maximum absolute atomic E-state index is 11.0. The molecule has 3 N–H and O–H groups in total. The molecule has 19 heavy (non-hydrogen) atoms. The lowest BCUT2D eigenvalue weighted by Crippen LogP contribution is -2.09. The van der Waals surface area contributed by atoms with E-state index in [2.05, 4.69) is 0 Å². The van der Waals surface area contributed by atoms with E-state index < -0.39 is 5.97 Å². The molecule has 0 amide bonds. The summed E-state index contributed by atoms with van der Waals surface area (Å²) in [4.78, 5) is 11.0. The Morgan fingerprint density at radius 3 is 2.74 bits per heavy atom. The monoisotopic (exact) mass is 269 g/mol. The van der Waals surface area contributed by atoms with Crippen molar-refractivity contribution in [2.75, 3.05) is 39.3 Å². The molecular weight excluding hydrogens is 250 g/mol. The molecule has 0 saturated carbocycles. The van der Waals surface area contributed by atoms with E-state index in [1.165, 1.54) is 6.07 Å². The lowest BCUT2D eigenvalue weighted by atomic mass is 10.2. The summed E-state index contributed by atoms with van der Waals surface area (Å²) in [5.41, 5.74) is 6.00. The number of rotatable bonds is 9. The number of carboxylic acid groups (broad SMARTS) is 1. The van der Waals surface area contributed by atoms with E-state index >= 15 is 0 Å². The zero-order chi connectivity index (χ0) is 14.1. The predicted octanol–water partition coefficient (Wildman–Crippen LogP) is 1.40. The fraction of sp³-hybridized carbons (Fsp3) is 0.462. The van der Waals surface area contributed by atoms with Gasteiger partial charge in [-0.25, -0.2) is 4.79 Å². The minimum atomic E-state index is -1.06. The maximum atomic E-state index is 11.0. The number of benzene rings is 1. The number of carbonyl (C=O) groups is 1. The van der Waals surface area contributed by atoms with Crippen molar-refractivity contribution in [3.8, 4) is 5.75 Å². The lowest BCUT2D eigenvalue weighted by molar-refractivity contribution is 0.0637. The maximum Gasteiger partial charge on any atom is 0.339 e. The van der Waals surface area contributed by atoms with Crippen LogP contribution in [-0.2, 0) is 9.47 Å². The van der Waals surface area contributed by atoms with Gasteiger partial charge in [0.15, 0.2) is 0 Å². The van der Waals surface area contributed by atoms with E-state index in [1.807, 2.05) is 0 Å². The highest BCUT2D eigenvalue weighted by molar-refractivity contribution is 5.92. The molecule has 0 spiro atoms. The quantitative estimate of drug-likeness (QED) is 0.520. The third-order valence-corrected chi connectivity index (χ3v) is 2.36. The first-order chi connectivity index (χ1) is 9.15. The normalized spacial score (nSPS) is 10.4. The molecule has 1 aromatic carbocycles. The van der Waals surface area contributed by atoms with Crippen molar-refractivity contribution in [3.63, 3.8) is 0 Å². The number of hydrogen-bond acceptors (Lipinski definition) is 5. The number of nitrogens with two attached hydrogens (primary N) is 1. The van der Waals surface area contributed by atoms with Gasteiger partial charge in [-0.1, -0.05) is 0 Å². The molecule has 0 unspecified atom stereocenters. The Morgan fingerprint density at radius 2 is 2.05 bits per heavy atom. The van der Waals surface area contributed by atoms with Gasteiger partial charge < -0.3 is 25.1 Å². The Balaban J connectivity index is 2.35. The summed E-state index contributed by atoms with van der Waals surface area (Å²) in [6, 6.07) is 4.55. The van der Waals surface area contributed by atoms with Crippen LogP contribution in [-0.4, -0.2) is 44.6 Å². The average molecular weight is 269 g/mol. The molecule has 0 radical (unpaired) electrons. The highest BCUT2D eigenvalue weighted by Gasteiger charge is 2.11. The van der Waals surface area contributed by atoms with E-state index in [-0.39, 0.29) is 5.56 Å². The van der Waals surface area contributed by atoms with Gasteiger partial charge in [0, 0.05) is 25.8 Å². The van der Waals surface area contributed by atoms with Crippen molar-refractivity contribution in [2.24, 2.45) is 0 Å². The van der Waals surface area contributed by atoms with E-state index in [0.717, 1.165) is 0 Å². The van der Waals surface area contributed by atoms with Gasteiger partial charge in [-0.05, 0) is 18.2 Å². The van der Waals surface area contributed by atoms with Crippen molar-refractivity contribution in [2.45, 2.75) is 6.42 Å². The van der Waals surface area contributed by atoms with Gasteiger partial charge in [0.2, 0.25) is 0 Å².